The van der Waals surface area contributed by atoms with Crippen molar-refractivity contribution >= 4 is 27.5 Å². The van der Waals surface area contributed by atoms with E-state index in [1.165, 1.54) is 38.2 Å². The molecule has 0 heterocycles. The number of alkyl halides is 1. The van der Waals surface area contributed by atoms with E-state index in [-0.39, 0.29) is 10.4 Å². The van der Waals surface area contributed by atoms with Crippen LogP contribution >= 0.6 is 27.5 Å². The molecule has 0 aliphatic heterocycles. The van der Waals surface area contributed by atoms with Gasteiger partial charge in [0.25, 0.3) is 0 Å². The minimum atomic E-state index is -0.406. The average molecular weight is 336 g/mol. The van der Waals surface area contributed by atoms with Crippen LogP contribution in [-0.4, -0.2) is 11.9 Å². The van der Waals surface area contributed by atoms with Gasteiger partial charge < -0.3 is 4.74 Å². The Labute approximate surface area is 121 Å². The maximum absolute atomic E-state index is 13.0. The molecule has 4 heteroatoms. The van der Waals surface area contributed by atoms with E-state index in [0.29, 0.717) is 12.4 Å². The molecule has 1 aliphatic rings. The van der Waals surface area contributed by atoms with E-state index in [9.17, 15) is 4.39 Å². The zero-order chi connectivity index (χ0) is 13.0. The highest BCUT2D eigenvalue weighted by atomic mass is 79.9. The van der Waals surface area contributed by atoms with E-state index in [2.05, 4.69) is 15.9 Å². The monoisotopic (exact) mass is 334 g/mol. The molecule has 0 N–H and O–H groups in total. The van der Waals surface area contributed by atoms with Crippen LogP contribution in [0.1, 0.15) is 32.1 Å². The second-order valence-electron chi connectivity index (χ2n) is 5.06. The van der Waals surface area contributed by atoms with E-state index in [1.807, 2.05) is 0 Å². The van der Waals surface area contributed by atoms with Crippen LogP contribution in [0.2, 0.25) is 5.02 Å². The number of halogens is 3. The van der Waals surface area contributed by atoms with Crippen LogP contribution in [0.4, 0.5) is 4.39 Å². The number of rotatable bonds is 4. The van der Waals surface area contributed by atoms with Crippen molar-refractivity contribution in [2.45, 2.75) is 32.1 Å². The molecule has 0 aromatic heterocycles. The molecule has 18 heavy (non-hydrogen) atoms. The summed E-state index contributed by atoms with van der Waals surface area (Å²) in [7, 11) is 0. The first-order chi connectivity index (χ1) is 8.65. The maximum Gasteiger partial charge on any atom is 0.142 e. The minimum absolute atomic E-state index is 0.115. The van der Waals surface area contributed by atoms with Gasteiger partial charge in [0, 0.05) is 16.8 Å². The van der Waals surface area contributed by atoms with E-state index >= 15 is 0 Å². The summed E-state index contributed by atoms with van der Waals surface area (Å²) in [5, 5.41) is 1.07. The van der Waals surface area contributed by atoms with Gasteiger partial charge in [-0.25, -0.2) is 4.39 Å². The Kier molecular flexibility index (Phi) is 4.91. The van der Waals surface area contributed by atoms with Crippen molar-refractivity contribution in [1.82, 2.24) is 0 Å². The normalized spacial score (nSPS) is 18.6. The van der Waals surface area contributed by atoms with Gasteiger partial charge in [-0.2, -0.15) is 0 Å². The van der Waals surface area contributed by atoms with Crippen molar-refractivity contribution < 1.29 is 9.13 Å². The van der Waals surface area contributed by atoms with Crippen LogP contribution in [0.25, 0.3) is 0 Å². The largest absolute Gasteiger partial charge is 0.493 e. The summed E-state index contributed by atoms with van der Waals surface area (Å²) >= 11 is 9.34. The van der Waals surface area contributed by atoms with Crippen LogP contribution in [0.15, 0.2) is 18.2 Å². The Morgan fingerprint density at radius 1 is 1.28 bits per heavy atom. The standard InChI is InChI=1S/C14H17BrClFO/c15-9-14(6-2-1-3-7-14)10-18-11-4-5-13(17)12(16)8-11/h4-5,8H,1-3,6-7,9-10H2. The minimum Gasteiger partial charge on any atom is -0.493 e. The summed E-state index contributed by atoms with van der Waals surface area (Å²) in [6.45, 7) is 0.667. The number of hydrogen-bond donors (Lipinski definition) is 0. The van der Waals surface area contributed by atoms with Crippen LogP contribution in [0.5, 0.6) is 5.75 Å². The third-order valence-corrected chi connectivity index (χ3v) is 5.11. The van der Waals surface area contributed by atoms with Gasteiger partial charge in [-0.3, -0.25) is 0 Å². The summed E-state index contributed by atoms with van der Waals surface area (Å²) in [6, 6.07) is 4.52. The topological polar surface area (TPSA) is 9.23 Å². The Hall–Kier alpha value is -0.280. The quantitative estimate of drug-likeness (QED) is 0.687. The van der Waals surface area contributed by atoms with Crippen molar-refractivity contribution in [2.24, 2.45) is 5.41 Å². The highest BCUT2D eigenvalue weighted by Gasteiger charge is 2.31. The highest BCUT2D eigenvalue weighted by Crippen LogP contribution is 2.38. The molecule has 0 amide bonds. The molecule has 0 bridgehead atoms. The lowest BCUT2D eigenvalue weighted by atomic mass is 9.76. The van der Waals surface area contributed by atoms with E-state index < -0.39 is 5.82 Å². The summed E-state index contributed by atoms with van der Waals surface area (Å²) in [6.07, 6.45) is 6.22. The van der Waals surface area contributed by atoms with Gasteiger partial charge >= 0.3 is 0 Å². The van der Waals surface area contributed by atoms with Crippen LogP contribution in [-0.2, 0) is 0 Å². The molecule has 0 atom stereocenters. The van der Waals surface area contributed by atoms with Crippen LogP contribution < -0.4 is 4.74 Å². The average Bonchev–Trinajstić information content (AvgIpc) is 2.41. The Bertz CT molecular complexity index is 405. The lowest BCUT2D eigenvalue weighted by molar-refractivity contribution is 0.122. The predicted molar refractivity (Wildman–Crippen MR) is 76.2 cm³/mol. The van der Waals surface area contributed by atoms with E-state index in [0.717, 1.165) is 5.33 Å². The van der Waals surface area contributed by atoms with Gasteiger partial charge in [-0.1, -0.05) is 46.8 Å². The number of hydrogen-bond acceptors (Lipinski definition) is 1. The fourth-order valence-corrected chi connectivity index (χ4v) is 3.31. The van der Waals surface area contributed by atoms with Crippen molar-refractivity contribution in [3.8, 4) is 5.75 Å². The fourth-order valence-electron chi connectivity index (χ4n) is 2.42. The highest BCUT2D eigenvalue weighted by molar-refractivity contribution is 9.09. The zero-order valence-electron chi connectivity index (χ0n) is 10.2. The van der Waals surface area contributed by atoms with Gasteiger partial charge in [0.1, 0.15) is 11.6 Å². The molecule has 1 aromatic carbocycles. The predicted octanol–water partition coefficient (Wildman–Crippen LogP) is 5.20. The SMILES string of the molecule is Fc1ccc(OCC2(CBr)CCCCC2)cc1Cl. The molecule has 1 nitrogen and oxygen atoms in total. The number of ether oxygens (including phenoxy) is 1. The Balaban J connectivity index is 1.98. The van der Waals surface area contributed by atoms with Gasteiger partial charge in [-0.05, 0) is 25.0 Å². The van der Waals surface area contributed by atoms with Crippen LogP contribution in [0.3, 0.4) is 0 Å². The first kappa shape index (κ1) is 14.1. The Morgan fingerprint density at radius 2 is 2.00 bits per heavy atom. The second kappa shape index (κ2) is 6.25. The molecule has 0 radical (unpaired) electrons. The summed E-state index contributed by atoms with van der Waals surface area (Å²) in [5.41, 5.74) is 0.221. The second-order valence-corrected chi connectivity index (χ2v) is 6.03. The molecular formula is C14H17BrClFO. The van der Waals surface area contributed by atoms with Crippen molar-refractivity contribution in [2.75, 3.05) is 11.9 Å². The van der Waals surface area contributed by atoms with Gasteiger partial charge in [0.2, 0.25) is 0 Å². The molecule has 2 rings (SSSR count). The van der Waals surface area contributed by atoms with E-state index in [4.69, 9.17) is 16.3 Å². The zero-order valence-corrected chi connectivity index (χ0v) is 12.6. The molecular weight excluding hydrogens is 319 g/mol. The maximum atomic E-state index is 13.0. The Morgan fingerprint density at radius 3 is 2.61 bits per heavy atom. The first-order valence-electron chi connectivity index (χ1n) is 6.29. The van der Waals surface area contributed by atoms with Crippen molar-refractivity contribution in [3.05, 3.63) is 29.0 Å². The first-order valence-corrected chi connectivity index (χ1v) is 7.79. The summed E-state index contributed by atoms with van der Waals surface area (Å²) in [5.74, 6) is 0.240. The van der Waals surface area contributed by atoms with Crippen molar-refractivity contribution in [3.63, 3.8) is 0 Å². The molecule has 0 saturated heterocycles. The third-order valence-electron chi connectivity index (χ3n) is 3.63. The fraction of sp³-hybridized carbons (Fsp3) is 0.571. The lowest BCUT2D eigenvalue weighted by Crippen LogP contribution is -2.32. The molecule has 1 aromatic rings. The smallest absolute Gasteiger partial charge is 0.142 e. The molecule has 0 unspecified atom stereocenters. The summed E-state index contributed by atoms with van der Waals surface area (Å²) < 4.78 is 18.8. The van der Waals surface area contributed by atoms with Gasteiger partial charge in [0.05, 0.1) is 11.6 Å². The van der Waals surface area contributed by atoms with Gasteiger partial charge in [0.15, 0.2) is 0 Å². The molecule has 1 fully saturated rings. The van der Waals surface area contributed by atoms with Gasteiger partial charge in [-0.15, -0.1) is 0 Å². The van der Waals surface area contributed by atoms with Crippen LogP contribution in [0, 0.1) is 11.2 Å². The molecule has 100 valence electrons. The number of benzene rings is 1. The van der Waals surface area contributed by atoms with Crippen molar-refractivity contribution in [1.29, 1.82) is 0 Å². The van der Waals surface area contributed by atoms with E-state index in [1.54, 1.807) is 12.1 Å². The summed E-state index contributed by atoms with van der Waals surface area (Å²) in [4.78, 5) is 0. The molecule has 1 saturated carbocycles. The molecule has 1 aliphatic carbocycles. The molecule has 0 spiro atoms. The lowest BCUT2D eigenvalue weighted by Gasteiger charge is -2.35. The third kappa shape index (κ3) is 3.39.